The first kappa shape index (κ1) is 77.8. The fraction of sp³-hybridized carbons (Fsp3) is 0.597. The Morgan fingerprint density at radius 2 is 0.470 bits per heavy atom. The summed E-state index contributed by atoms with van der Waals surface area (Å²) < 4.78 is 16.9. The van der Waals surface area contributed by atoms with Gasteiger partial charge in [0.2, 0.25) is 0 Å². The zero-order valence-corrected chi connectivity index (χ0v) is 53.4. The van der Waals surface area contributed by atoms with Crippen LogP contribution in [-0.4, -0.2) is 37.2 Å². The second-order valence-corrected chi connectivity index (χ2v) is 21.6. The van der Waals surface area contributed by atoms with Crippen molar-refractivity contribution in [1.82, 2.24) is 0 Å². The van der Waals surface area contributed by atoms with Crippen LogP contribution in [-0.2, 0) is 28.6 Å². The SMILES string of the molecule is CC/C=C\C/C=C\C/C=C\C/C=C\C/C=C\C/C=C\CCCCCCCCCCCCC(=O)OCC(COC(=O)CCCCCCC/C=C\C/C=C\CCCCC)OC(=O)CCCC/C=C\C/C=C\C/C=C\C/C=C\C/C=C\C/C=C\CC. The van der Waals surface area contributed by atoms with Crippen molar-refractivity contribution >= 4 is 17.9 Å². The lowest BCUT2D eigenvalue weighted by atomic mass is 10.1. The van der Waals surface area contributed by atoms with Gasteiger partial charge in [-0.3, -0.25) is 14.4 Å². The third-order valence-electron chi connectivity index (χ3n) is 13.7. The molecule has 0 aliphatic carbocycles. The lowest BCUT2D eigenvalue weighted by molar-refractivity contribution is -0.167. The largest absolute Gasteiger partial charge is 0.462 e. The number of carbonyl (C=O) groups is 3. The highest BCUT2D eigenvalue weighted by Gasteiger charge is 2.19. The summed E-state index contributed by atoms with van der Waals surface area (Å²) in [4.78, 5) is 38.4. The Kier molecular flexibility index (Phi) is 64.9. The van der Waals surface area contributed by atoms with E-state index in [9.17, 15) is 14.4 Å². The van der Waals surface area contributed by atoms with Crippen molar-refractivity contribution in [3.05, 3.63) is 170 Å². The van der Waals surface area contributed by atoms with Gasteiger partial charge in [-0.2, -0.15) is 0 Å². The maximum Gasteiger partial charge on any atom is 0.306 e. The molecule has 0 aromatic rings. The van der Waals surface area contributed by atoms with E-state index >= 15 is 0 Å². The van der Waals surface area contributed by atoms with Gasteiger partial charge in [0.05, 0.1) is 0 Å². The standard InChI is InChI=1S/C77H122O6/c1-4-7-10-13-16-19-22-25-28-30-32-34-35-36-37-38-39-40-41-43-44-46-49-52-55-58-61-64-67-70-76(79)82-73-74(72-81-75(78)69-66-63-60-57-54-51-48-27-24-21-18-15-12-9-6-3)83-77(80)71-68-65-62-59-56-53-50-47-45-42-33-31-29-26-23-20-17-14-11-8-5-2/h7-8,10-11,16-21,25-29,32-34,36-37,39-40,42,47-48,50,56,59,74H,4-6,9,12-15,22-24,30-31,35,38,41,43-46,49,51-55,57-58,60-73H2,1-3H3/b10-7-,11-8-,19-16-,20-17-,21-18-,28-25-,29-26-,34-32-,37-36-,40-39-,42-33-,48-27-,50-47-,59-56-. The maximum atomic E-state index is 12.9. The average molecular weight is 1140 g/mol. The highest BCUT2D eigenvalue weighted by Crippen LogP contribution is 2.15. The summed E-state index contributed by atoms with van der Waals surface area (Å²) in [7, 11) is 0. The molecule has 0 aromatic carbocycles. The molecule has 1 atom stereocenters. The normalized spacial score (nSPS) is 13.2. The number of hydrogen-bond donors (Lipinski definition) is 0. The van der Waals surface area contributed by atoms with E-state index in [1.807, 2.05) is 0 Å². The molecule has 6 nitrogen and oxygen atoms in total. The Labute approximate surface area is 511 Å². The lowest BCUT2D eigenvalue weighted by Crippen LogP contribution is -2.30. The van der Waals surface area contributed by atoms with Crippen molar-refractivity contribution in [3.63, 3.8) is 0 Å². The topological polar surface area (TPSA) is 78.9 Å². The van der Waals surface area contributed by atoms with E-state index in [1.54, 1.807) is 0 Å². The van der Waals surface area contributed by atoms with Crippen LogP contribution in [0.15, 0.2) is 170 Å². The smallest absolute Gasteiger partial charge is 0.306 e. The summed E-state index contributed by atoms with van der Waals surface area (Å²) in [6.45, 7) is 6.34. The van der Waals surface area contributed by atoms with Gasteiger partial charge in [0, 0.05) is 19.3 Å². The highest BCUT2D eigenvalue weighted by molar-refractivity contribution is 5.71. The molecule has 0 aromatic heterocycles. The fourth-order valence-corrected chi connectivity index (χ4v) is 8.71. The van der Waals surface area contributed by atoms with E-state index in [-0.39, 0.29) is 37.5 Å². The van der Waals surface area contributed by atoms with Gasteiger partial charge in [-0.25, -0.2) is 0 Å². The van der Waals surface area contributed by atoms with Crippen molar-refractivity contribution < 1.29 is 28.6 Å². The number of carbonyl (C=O) groups excluding carboxylic acids is 3. The zero-order valence-electron chi connectivity index (χ0n) is 53.4. The van der Waals surface area contributed by atoms with Crippen LogP contribution in [0.1, 0.15) is 278 Å². The molecule has 0 heterocycles. The molecule has 0 amide bonds. The molecule has 0 rings (SSSR count). The molecule has 0 radical (unpaired) electrons. The molecule has 0 aliphatic heterocycles. The molecule has 0 saturated heterocycles. The van der Waals surface area contributed by atoms with Crippen LogP contribution >= 0.6 is 0 Å². The van der Waals surface area contributed by atoms with Crippen LogP contribution in [0.2, 0.25) is 0 Å². The van der Waals surface area contributed by atoms with E-state index in [4.69, 9.17) is 14.2 Å². The monoisotopic (exact) mass is 1140 g/mol. The quantitative estimate of drug-likeness (QED) is 0.0261. The second-order valence-electron chi connectivity index (χ2n) is 21.6. The van der Waals surface area contributed by atoms with Gasteiger partial charge in [0.25, 0.3) is 0 Å². The Morgan fingerprint density at radius 3 is 0.759 bits per heavy atom. The molecule has 466 valence electrons. The summed E-state index contributed by atoms with van der Waals surface area (Å²) in [5.74, 6) is -0.973. The van der Waals surface area contributed by atoms with Gasteiger partial charge in [-0.15, -0.1) is 0 Å². The Bertz CT molecular complexity index is 1890. The third-order valence-corrected chi connectivity index (χ3v) is 13.7. The van der Waals surface area contributed by atoms with Crippen molar-refractivity contribution in [2.24, 2.45) is 0 Å². The van der Waals surface area contributed by atoms with Crippen LogP contribution in [0.3, 0.4) is 0 Å². The summed E-state index contributed by atoms with van der Waals surface area (Å²) >= 11 is 0. The summed E-state index contributed by atoms with van der Waals surface area (Å²) in [5.41, 5.74) is 0. The summed E-state index contributed by atoms with van der Waals surface area (Å²) in [6.07, 6.45) is 102. The van der Waals surface area contributed by atoms with Crippen LogP contribution in [0.5, 0.6) is 0 Å². The van der Waals surface area contributed by atoms with E-state index in [0.29, 0.717) is 19.3 Å². The minimum atomic E-state index is -0.819. The summed E-state index contributed by atoms with van der Waals surface area (Å²) in [5, 5.41) is 0. The number of allylic oxidation sites excluding steroid dienone is 28. The molecular weight excluding hydrogens is 1020 g/mol. The molecule has 6 heteroatoms. The van der Waals surface area contributed by atoms with E-state index in [1.165, 1.54) is 70.6 Å². The van der Waals surface area contributed by atoms with Gasteiger partial charge in [-0.05, 0) is 154 Å². The number of hydrogen-bond acceptors (Lipinski definition) is 6. The first-order chi connectivity index (χ1) is 41.0. The molecule has 83 heavy (non-hydrogen) atoms. The molecule has 0 aliphatic rings. The molecular formula is C77H122O6. The van der Waals surface area contributed by atoms with Crippen molar-refractivity contribution in [2.45, 2.75) is 284 Å². The van der Waals surface area contributed by atoms with Gasteiger partial charge >= 0.3 is 17.9 Å². The van der Waals surface area contributed by atoms with Crippen molar-refractivity contribution in [1.29, 1.82) is 0 Å². The molecule has 1 unspecified atom stereocenters. The van der Waals surface area contributed by atoms with Gasteiger partial charge in [0.15, 0.2) is 6.10 Å². The van der Waals surface area contributed by atoms with E-state index in [2.05, 4.69) is 191 Å². The minimum Gasteiger partial charge on any atom is -0.462 e. The average Bonchev–Trinajstić information content (AvgIpc) is 3.49. The van der Waals surface area contributed by atoms with E-state index < -0.39 is 6.10 Å². The fourth-order valence-electron chi connectivity index (χ4n) is 8.71. The van der Waals surface area contributed by atoms with Crippen LogP contribution in [0.25, 0.3) is 0 Å². The van der Waals surface area contributed by atoms with E-state index in [0.717, 1.165) is 161 Å². The second kappa shape index (κ2) is 69.3. The molecule has 0 bridgehead atoms. The molecule has 0 spiro atoms. The van der Waals surface area contributed by atoms with Gasteiger partial charge in [-0.1, -0.05) is 274 Å². The van der Waals surface area contributed by atoms with Gasteiger partial charge < -0.3 is 14.2 Å². The first-order valence-corrected chi connectivity index (χ1v) is 33.6. The van der Waals surface area contributed by atoms with Crippen molar-refractivity contribution in [3.8, 4) is 0 Å². The first-order valence-electron chi connectivity index (χ1n) is 33.6. The lowest BCUT2D eigenvalue weighted by Gasteiger charge is -2.18. The predicted molar refractivity (Wildman–Crippen MR) is 361 cm³/mol. The third kappa shape index (κ3) is 67.4. The molecule has 0 saturated carbocycles. The van der Waals surface area contributed by atoms with Crippen LogP contribution < -0.4 is 0 Å². The number of unbranched alkanes of at least 4 members (excludes halogenated alkanes) is 20. The van der Waals surface area contributed by atoms with Crippen molar-refractivity contribution in [2.75, 3.05) is 13.2 Å². The minimum absolute atomic E-state index is 0.110. The number of ether oxygens (including phenoxy) is 3. The number of rotatable bonds is 59. The van der Waals surface area contributed by atoms with Crippen LogP contribution in [0.4, 0.5) is 0 Å². The van der Waals surface area contributed by atoms with Crippen LogP contribution in [0, 0.1) is 0 Å². The Balaban J connectivity index is 4.44. The Hall–Kier alpha value is -5.23. The zero-order chi connectivity index (χ0) is 59.9. The summed E-state index contributed by atoms with van der Waals surface area (Å²) in [6, 6.07) is 0. The van der Waals surface area contributed by atoms with Gasteiger partial charge in [0.1, 0.15) is 13.2 Å². The molecule has 0 fully saturated rings. The maximum absolute atomic E-state index is 12.9. The molecule has 0 N–H and O–H groups in total. The number of esters is 3. The predicted octanol–water partition coefficient (Wildman–Crippen LogP) is 23.4. The Morgan fingerprint density at radius 1 is 0.253 bits per heavy atom. The highest BCUT2D eigenvalue weighted by atomic mass is 16.6.